The molecule has 1 fully saturated rings. The standard InChI is InChI=1S/C11H18N4OS/c1-12-11-9(13-14-17-11)8-15-7-5-3-2-4-6-10(15)16/h12H,2-8H2,1H3. The van der Waals surface area contributed by atoms with E-state index in [1.807, 2.05) is 11.9 Å². The van der Waals surface area contributed by atoms with Crippen molar-refractivity contribution in [2.24, 2.45) is 0 Å². The number of nitrogens with zero attached hydrogens (tertiary/aromatic N) is 3. The van der Waals surface area contributed by atoms with Crippen LogP contribution in [0.4, 0.5) is 5.00 Å². The van der Waals surface area contributed by atoms with Crippen LogP contribution >= 0.6 is 11.5 Å². The smallest absolute Gasteiger partial charge is 0.222 e. The molecule has 1 aromatic heterocycles. The van der Waals surface area contributed by atoms with E-state index in [0.29, 0.717) is 13.0 Å². The highest BCUT2D eigenvalue weighted by Gasteiger charge is 2.18. The van der Waals surface area contributed by atoms with Gasteiger partial charge in [0.25, 0.3) is 0 Å². The van der Waals surface area contributed by atoms with Gasteiger partial charge in [-0.2, -0.15) is 0 Å². The van der Waals surface area contributed by atoms with Crippen molar-refractivity contribution in [1.29, 1.82) is 0 Å². The van der Waals surface area contributed by atoms with Gasteiger partial charge in [-0.05, 0) is 12.8 Å². The molecule has 0 unspecified atom stereocenters. The molecule has 5 nitrogen and oxygen atoms in total. The summed E-state index contributed by atoms with van der Waals surface area (Å²) in [6, 6.07) is 0. The molecule has 1 N–H and O–H groups in total. The van der Waals surface area contributed by atoms with Crippen molar-refractivity contribution >= 4 is 22.4 Å². The molecule has 0 bridgehead atoms. The third kappa shape index (κ3) is 3.15. The quantitative estimate of drug-likeness (QED) is 0.894. The molecular weight excluding hydrogens is 236 g/mol. The Morgan fingerprint density at radius 3 is 3.00 bits per heavy atom. The van der Waals surface area contributed by atoms with E-state index in [1.165, 1.54) is 24.4 Å². The van der Waals surface area contributed by atoms with Gasteiger partial charge >= 0.3 is 0 Å². The fourth-order valence-corrected chi connectivity index (χ4v) is 2.59. The Hall–Kier alpha value is -1.17. The first kappa shape index (κ1) is 12.3. The van der Waals surface area contributed by atoms with Crippen molar-refractivity contribution in [3.63, 3.8) is 0 Å². The van der Waals surface area contributed by atoms with Gasteiger partial charge in [-0.3, -0.25) is 4.79 Å². The summed E-state index contributed by atoms with van der Waals surface area (Å²) < 4.78 is 3.92. The highest BCUT2D eigenvalue weighted by Crippen LogP contribution is 2.20. The lowest BCUT2D eigenvalue weighted by Gasteiger charge is -2.24. The Bertz CT molecular complexity index is 379. The first-order valence-electron chi connectivity index (χ1n) is 6.08. The average Bonchev–Trinajstić information content (AvgIpc) is 2.76. The molecular formula is C11H18N4OS. The number of hydrogen-bond donors (Lipinski definition) is 1. The van der Waals surface area contributed by atoms with E-state index in [0.717, 1.165) is 30.1 Å². The molecule has 17 heavy (non-hydrogen) atoms. The van der Waals surface area contributed by atoms with Crippen LogP contribution in [-0.2, 0) is 11.3 Å². The first-order chi connectivity index (χ1) is 8.31. The fraction of sp³-hybridized carbons (Fsp3) is 0.727. The molecule has 1 amide bonds. The lowest BCUT2D eigenvalue weighted by atomic mass is 10.1. The van der Waals surface area contributed by atoms with Crippen LogP contribution in [-0.4, -0.2) is 34.0 Å². The van der Waals surface area contributed by atoms with E-state index in [9.17, 15) is 4.79 Å². The Morgan fingerprint density at radius 2 is 2.18 bits per heavy atom. The predicted molar refractivity (Wildman–Crippen MR) is 68.0 cm³/mol. The molecule has 1 aliphatic heterocycles. The van der Waals surface area contributed by atoms with Gasteiger partial charge in [0, 0.05) is 31.5 Å². The van der Waals surface area contributed by atoms with Gasteiger partial charge in [-0.1, -0.05) is 17.3 Å². The van der Waals surface area contributed by atoms with E-state index in [2.05, 4.69) is 14.9 Å². The second-order valence-electron chi connectivity index (χ2n) is 4.28. The molecule has 1 aliphatic rings. The SMILES string of the molecule is CNc1snnc1CN1CCCCCCC1=O. The molecule has 2 rings (SSSR count). The minimum absolute atomic E-state index is 0.250. The number of likely N-dealkylation sites (tertiary alicyclic amines) is 1. The van der Waals surface area contributed by atoms with Crippen LogP contribution < -0.4 is 5.32 Å². The molecule has 1 saturated heterocycles. The Kier molecular flexibility index (Phi) is 4.30. The van der Waals surface area contributed by atoms with Crippen LogP contribution in [0, 0.1) is 0 Å². The lowest BCUT2D eigenvalue weighted by Crippen LogP contribution is -2.32. The number of carbonyl (C=O) groups is 1. The van der Waals surface area contributed by atoms with Crippen LogP contribution in [0.3, 0.4) is 0 Å². The minimum atomic E-state index is 0.250. The number of rotatable bonds is 3. The van der Waals surface area contributed by atoms with Crippen molar-refractivity contribution in [3.05, 3.63) is 5.69 Å². The van der Waals surface area contributed by atoms with Gasteiger partial charge in [0.05, 0.1) is 6.54 Å². The molecule has 2 heterocycles. The van der Waals surface area contributed by atoms with Crippen LogP contribution in [0.5, 0.6) is 0 Å². The molecule has 94 valence electrons. The minimum Gasteiger partial charge on any atom is -0.377 e. The zero-order chi connectivity index (χ0) is 12.1. The van der Waals surface area contributed by atoms with Gasteiger partial charge in [-0.15, -0.1) is 5.10 Å². The normalized spacial score (nSPS) is 17.7. The summed E-state index contributed by atoms with van der Waals surface area (Å²) in [7, 11) is 1.86. The average molecular weight is 254 g/mol. The maximum atomic E-state index is 12.0. The number of anilines is 1. The van der Waals surface area contributed by atoms with Gasteiger partial charge in [0.15, 0.2) is 0 Å². The van der Waals surface area contributed by atoms with E-state index < -0.39 is 0 Å². The molecule has 0 saturated carbocycles. The summed E-state index contributed by atoms with van der Waals surface area (Å²) >= 11 is 1.34. The summed E-state index contributed by atoms with van der Waals surface area (Å²) in [6.07, 6.45) is 5.19. The van der Waals surface area contributed by atoms with E-state index in [1.54, 1.807) is 0 Å². The Balaban J connectivity index is 2.02. The highest BCUT2D eigenvalue weighted by molar-refractivity contribution is 7.10. The second-order valence-corrected chi connectivity index (χ2v) is 5.03. The van der Waals surface area contributed by atoms with Crippen molar-refractivity contribution in [2.45, 2.75) is 38.6 Å². The summed E-state index contributed by atoms with van der Waals surface area (Å²) in [4.78, 5) is 13.9. The Labute approximate surface area is 105 Å². The highest BCUT2D eigenvalue weighted by atomic mass is 32.1. The maximum Gasteiger partial charge on any atom is 0.222 e. The molecule has 0 radical (unpaired) electrons. The van der Waals surface area contributed by atoms with Gasteiger partial charge in [0.2, 0.25) is 5.91 Å². The van der Waals surface area contributed by atoms with Crippen LogP contribution in [0.1, 0.15) is 37.8 Å². The largest absolute Gasteiger partial charge is 0.377 e. The lowest BCUT2D eigenvalue weighted by molar-refractivity contribution is -0.132. The van der Waals surface area contributed by atoms with Crippen molar-refractivity contribution in [2.75, 3.05) is 18.9 Å². The number of nitrogens with one attached hydrogen (secondary N) is 1. The topological polar surface area (TPSA) is 58.1 Å². The third-order valence-electron chi connectivity index (χ3n) is 3.04. The maximum absolute atomic E-state index is 12.0. The number of carbonyl (C=O) groups excluding carboxylic acids is 1. The van der Waals surface area contributed by atoms with Crippen LogP contribution in [0.15, 0.2) is 0 Å². The first-order valence-corrected chi connectivity index (χ1v) is 6.85. The third-order valence-corrected chi connectivity index (χ3v) is 3.83. The van der Waals surface area contributed by atoms with Gasteiger partial charge in [-0.25, -0.2) is 0 Å². The van der Waals surface area contributed by atoms with E-state index in [4.69, 9.17) is 0 Å². The number of aromatic nitrogens is 2. The van der Waals surface area contributed by atoms with Crippen LogP contribution in [0.2, 0.25) is 0 Å². The second kappa shape index (κ2) is 5.95. The van der Waals surface area contributed by atoms with E-state index in [-0.39, 0.29) is 5.91 Å². The summed E-state index contributed by atoms with van der Waals surface area (Å²) in [6.45, 7) is 1.44. The monoisotopic (exact) mass is 254 g/mol. The van der Waals surface area contributed by atoms with Crippen LogP contribution in [0.25, 0.3) is 0 Å². The number of amides is 1. The van der Waals surface area contributed by atoms with Crippen molar-refractivity contribution in [3.8, 4) is 0 Å². The fourth-order valence-electron chi connectivity index (χ4n) is 2.07. The molecule has 0 spiro atoms. The zero-order valence-electron chi connectivity index (χ0n) is 10.1. The number of hydrogen-bond acceptors (Lipinski definition) is 5. The van der Waals surface area contributed by atoms with E-state index >= 15 is 0 Å². The molecule has 0 aliphatic carbocycles. The van der Waals surface area contributed by atoms with Gasteiger partial charge in [0.1, 0.15) is 10.7 Å². The molecule has 1 aromatic rings. The van der Waals surface area contributed by atoms with Crippen molar-refractivity contribution in [1.82, 2.24) is 14.5 Å². The molecule has 0 aromatic carbocycles. The summed E-state index contributed by atoms with van der Waals surface area (Å²) in [5, 5.41) is 8.10. The summed E-state index contributed by atoms with van der Waals surface area (Å²) in [5.41, 5.74) is 0.881. The predicted octanol–water partition coefficient (Wildman–Crippen LogP) is 1.87. The van der Waals surface area contributed by atoms with Crippen molar-refractivity contribution < 1.29 is 4.79 Å². The van der Waals surface area contributed by atoms with Gasteiger partial charge < -0.3 is 10.2 Å². The zero-order valence-corrected chi connectivity index (χ0v) is 10.9. The Morgan fingerprint density at radius 1 is 1.35 bits per heavy atom. The molecule has 6 heteroatoms. The summed E-state index contributed by atoms with van der Waals surface area (Å²) in [5.74, 6) is 0.250. The molecule has 0 atom stereocenters.